The Bertz CT molecular complexity index is 963. The standard InChI is InChI=1S/C24H26N2O2/c1-28-22-19-12-6-7-13-20(19)25-17-21(22)26-23(27)24(14-8-3-9-15-24)16-18-10-4-2-5-11-18/h2,4-7,10-13,17H,3,8-9,14-16H2,1H3,(H,26,27). The van der Waals surface area contributed by atoms with Gasteiger partial charge in [-0.25, -0.2) is 0 Å². The molecule has 1 N–H and O–H groups in total. The number of benzene rings is 2. The second-order valence-corrected chi connectivity index (χ2v) is 7.68. The summed E-state index contributed by atoms with van der Waals surface area (Å²) in [6.07, 6.45) is 7.68. The lowest BCUT2D eigenvalue weighted by molar-refractivity contribution is -0.127. The van der Waals surface area contributed by atoms with E-state index in [0.717, 1.165) is 43.0 Å². The number of carbonyl (C=O) groups excluding carboxylic acids is 1. The van der Waals surface area contributed by atoms with Crippen molar-refractivity contribution in [3.63, 3.8) is 0 Å². The Morgan fingerprint density at radius 3 is 2.50 bits per heavy atom. The third kappa shape index (κ3) is 3.59. The molecule has 1 saturated carbocycles. The smallest absolute Gasteiger partial charge is 0.231 e. The van der Waals surface area contributed by atoms with Crippen molar-refractivity contribution in [3.8, 4) is 5.75 Å². The molecule has 3 aromatic rings. The van der Waals surface area contributed by atoms with E-state index in [1.165, 1.54) is 12.0 Å². The summed E-state index contributed by atoms with van der Waals surface area (Å²) < 4.78 is 5.64. The minimum absolute atomic E-state index is 0.0754. The van der Waals surface area contributed by atoms with E-state index in [2.05, 4.69) is 22.4 Å². The number of methoxy groups -OCH3 is 1. The second-order valence-electron chi connectivity index (χ2n) is 7.68. The predicted molar refractivity (Wildman–Crippen MR) is 113 cm³/mol. The van der Waals surface area contributed by atoms with Gasteiger partial charge in [0.05, 0.1) is 24.2 Å². The third-order valence-corrected chi connectivity index (χ3v) is 5.86. The number of para-hydroxylation sites is 1. The van der Waals surface area contributed by atoms with Crippen LogP contribution in [0.5, 0.6) is 5.75 Å². The van der Waals surface area contributed by atoms with Crippen LogP contribution in [-0.2, 0) is 11.2 Å². The molecule has 1 fully saturated rings. The van der Waals surface area contributed by atoms with Gasteiger partial charge >= 0.3 is 0 Å². The largest absolute Gasteiger partial charge is 0.494 e. The number of carbonyl (C=O) groups is 1. The molecule has 0 bridgehead atoms. The van der Waals surface area contributed by atoms with E-state index in [9.17, 15) is 4.79 Å². The Balaban J connectivity index is 1.66. The number of fused-ring (bicyclic) bond motifs is 1. The van der Waals surface area contributed by atoms with E-state index in [-0.39, 0.29) is 11.3 Å². The first kappa shape index (κ1) is 18.5. The van der Waals surface area contributed by atoms with Crippen molar-refractivity contribution in [2.24, 2.45) is 5.41 Å². The summed E-state index contributed by atoms with van der Waals surface area (Å²) in [7, 11) is 1.64. The predicted octanol–water partition coefficient (Wildman–Crippen LogP) is 5.38. The first-order chi connectivity index (χ1) is 13.7. The van der Waals surface area contributed by atoms with Crippen LogP contribution in [0.15, 0.2) is 60.8 Å². The Kier molecular flexibility index (Phi) is 5.29. The number of rotatable bonds is 5. The molecule has 28 heavy (non-hydrogen) atoms. The fourth-order valence-electron chi connectivity index (χ4n) is 4.38. The molecule has 0 spiro atoms. The van der Waals surface area contributed by atoms with Crippen LogP contribution in [0.1, 0.15) is 37.7 Å². The molecule has 1 aliphatic carbocycles. The van der Waals surface area contributed by atoms with Crippen LogP contribution in [0, 0.1) is 5.41 Å². The quantitative estimate of drug-likeness (QED) is 0.653. The van der Waals surface area contributed by atoms with Crippen LogP contribution in [0.2, 0.25) is 0 Å². The van der Waals surface area contributed by atoms with Gasteiger partial charge in [-0.2, -0.15) is 0 Å². The number of hydrogen-bond donors (Lipinski definition) is 1. The van der Waals surface area contributed by atoms with Crippen molar-refractivity contribution in [1.82, 2.24) is 4.98 Å². The number of pyridine rings is 1. The summed E-state index contributed by atoms with van der Waals surface area (Å²) in [5, 5.41) is 4.06. The van der Waals surface area contributed by atoms with E-state index in [0.29, 0.717) is 11.4 Å². The Morgan fingerprint density at radius 2 is 1.75 bits per heavy atom. The van der Waals surface area contributed by atoms with Crippen molar-refractivity contribution < 1.29 is 9.53 Å². The molecule has 1 aliphatic rings. The second kappa shape index (κ2) is 8.01. The molecule has 0 atom stereocenters. The first-order valence-corrected chi connectivity index (χ1v) is 9.99. The zero-order chi connectivity index (χ0) is 19.4. The van der Waals surface area contributed by atoms with Crippen molar-refractivity contribution >= 4 is 22.5 Å². The molecule has 1 amide bonds. The number of amides is 1. The molecule has 0 unspecified atom stereocenters. The molecular formula is C24H26N2O2. The van der Waals surface area contributed by atoms with Gasteiger partial charge in [0.15, 0.2) is 5.75 Å². The number of nitrogens with one attached hydrogen (secondary N) is 1. The van der Waals surface area contributed by atoms with E-state index in [1.807, 2.05) is 42.5 Å². The zero-order valence-electron chi connectivity index (χ0n) is 16.3. The van der Waals surface area contributed by atoms with Gasteiger partial charge in [-0.15, -0.1) is 0 Å². The molecule has 1 heterocycles. The lowest BCUT2D eigenvalue weighted by Gasteiger charge is -2.36. The maximum Gasteiger partial charge on any atom is 0.231 e. The highest BCUT2D eigenvalue weighted by molar-refractivity contribution is 6.00. The highest BCUT2D eigenvalue weighted by atomic mass is 16.5. The summed E-state index contributed by atoms with van der Waals surface area (Å²) >= 11 is 0. The van der Waals surface area contributed by atoms with Crippen LogP contribution in [-0.4, -0.2) is 18.0 Å². The Labute approximate surface area is 165 Å². The highest BCUT2D eigenvalue weighted by Crippen LogP contribution is 2.41. The van der Waals surface area contributed by atoms with Gasteiger partial charge in [0.25, 0.3) is 0 Å². The van der Waals surface area contributed by atoms with Crippen LogP contribution >= 0.6 is 0 Å². The number of ether oxygens (including phenoxy) is 1. The lowest BCUT2D eigenvalue weighted by atomic mass is 9.69. The lowest BCUT2D eigenvalue weighted by Crippen LogP contribution is -2.40. The molecule has 1 aromatic heterocycles. The Morgan fingerprint density at radius 1 is 1.04 bits per heavy atom. The van der Waals surface area contributed by atoms with Gasteiger partial charge in [0.2, 0.25) is 5.91 Å². The molecule has 0 aliphatic heterocycles. The fourth-order valence-corrected chi connectivity index (χ4v) is 4.38. The fraction of sp³-hybridized carbons (Fsp3) is 0.333. The summed E-state index contributed by atoms with van der Waals surface area (Å²) in [6, 6.07) is 18.1. The van der Waals surface area contributed by atoms with Crippen molar-refractivity contribution in [1.29, 1.82) is 0 Å². The Hall–Kier alpha value is -2.88. The number of hydrogen-bond acceptors (Lipinski definition) is 3. The molecule has 0 saturated heterocycles. The highest BCUT2D eigenvalue weighted by Gasteiger charge is 2.39. The monoisotopic (exact) mass is 374 g/mol. The van der Waals surface area contributed by atoms with Gasteiger partial charge in [0.1, 0.15) is 5.69 Å². The number of nitrogens with zero attached hydrogens (tertiary/aromatic N) is 1. The van der Waals surface area contributed by atoms with Gasteiger partial charge in [-0.1, -0.05) is 61.7 Å². The summed E-state index contributed by atoms with van der Waals surface area (Å²) in [5.74, 6) is 0.746. The third-order valence-electron chi connectivity index (χ3n) is 5.86. The molecule has 4 heteroatoms. The summed E-state index contributed by atoms with van der Waals surface area (Å²) in [5.41, 5.74) is 2.33. The molecule has 2 aromatic carbocycles. The van der Waals surface area contributed by atoms with Gasteiger partial charge in [-0.05, 0) is 37.0 Å². The number of aromatic nitrogens is 1. The minimum atomic E-state index is -0.379. The van der Waals surface area contributed by atoms with Crippen molar-refractivity contribution in [3.05, 3.63) is 66.4 Å². The summed E-state index contributed by atoms with van der Waals surface area (Å²) in [6.45, 7) is 0. The van der Waals surface area contributed by atoms with Crippen LogP contribution < -0.4 is 10.1 Å². The van der Waals surface area contributed by atoms with Crippen molar-refractivity contribution in [2.45, 2.75) is 38.5 Å². The topological polar surface area (TPSA) is 51.2 Å². The van der Waals surface area contributed by atoms with Gasteiger partial charge in [-0.3, -0.25) is 9.78 Å². The van der Waals surface area contributed by atoms with E-state index >= 15 is 0 Å². The zero-order valence-corrected chi connectivity index (χ0v) is 16.3. The first-order valence-electron chi connectivity index (χ1n) is 9.99. The molecule has 144 valence electrons. The molecule has 0 radical (unpaired) electrons. The van der Waals surface area contributed by atoms with Crippen LogP contribution in [0.3, 0.4) is 0 Å². The van der Waals surface area contributed by atoms with Gasteiger partial charge < -0.3 is 10.1 Å². The van der Waals surface area contributed by atoms with E-state index < -0.39 is 0 Å². The number of anilines is 1. The molecule has 4 rings (SSSR count). The van der Waals surface area contributed by atoms with Crippen molar-refractivity contribution in [2.75, 3.05) is 12.4 Å². The summed E-state index contributed by atoms with van der Waals surface area (Å²) in [4.78, 5) is 18.0. The van der Waals surface area contributed by atoms with Gasteiger partial charge in [0, 0.05) is 5.39 Å². The minimum Gasteiger partial charge on any atom is -0.494 e. The average molecular weight is 374 g/mol. The average Bonchev–Trinajstić information content (AvgIpc) is 2.75. The molecule has 4 nitrogen and oxygen atoms in total. The molecular weight excluding hydrogens is 348 g/mol. The van der Waals surface area contributed by atoms with Crippen LogP contribution in [0.25, 0.3) is 10.9 Å². The normalized spacial score (nSPS) is 15.9. The SMILES string of the molecule is COc1c(NC(=O)C2(Cc3ccccc3)CCCCC2)cnc2ccccc12. The maximum atomic E-state index is 13.5. The van der Waals surface area contributed by atoms with E-state index in [4.69, 9.17) is 4.74 Å². The van der Waals surface area contributed by atoms with Crippen LogP contribution in [0.4, 0.5) is 5.69 Å². The maximum absolute atomic E-state index is 13.5. The van der Waals surface area contributed by atoms with E-state index in [1.54, 1.807) is 13.3 Å².